The Hall–Kier alpha value is -3.86. The topological polar surface area (TPSA) is 75.2 Å². The molecule has 0 radical (unpaired) electrons. The monoisotopic (exact) mass is 613 g/mol. The van der Waals surface area contributed by atoms with Gasteiger partial charge in [0.1, 0.15) is 0 Å². The molecule has 6 nitrogen and oxygen atoms in total. The first kappa shape index (κ1) is 30.6. The predicted octanol–water partition coefficient (Wildman–Crippen LogP) is 6.14. The van der Waals surface area contributed by atoms with Crippen LogP contribution in [0.1, 0.15) is 37.4 Å². The first-order valence-electron chi connectivity index (χ1n) is 14.9. The van der Waals surface area contributed by atoms with Crippen molar-refractivity contribution in [2.45, 2.75) is 31.8 Å². The molecule has 1 heterocycles. The third-order valence-corrected chi connectivity index (χ3v) is 15.5. The average Bonchev–Trinajstić information content (AvgIpc) is 3.05. The molecule has 5 rings (SSSR count). The molecule has 0 aliphatic carbocycles. The van der Waals surface area contributed by atoms with E-state index in [-0.39, 0.29) is 6.17 Å². The molecule has 4 aromatic rings. The molecule has 43 heavy (non-hydrogen) atoms. The second-order valence-electron chi connectivity index (χ2n) is 11.1. The first-order valence-corrected chi connectivity index (χ1v) is 18.2. The first-order chi connectivity index (χ1) is 20.9. The molecule has 1 aliphatic heterocycles. The fraction of sp³-hybridized carbons (Fsp3) is 0.257. The Labute approximate surface area is 260 Å². The van der Waals surface area contributed by atoms with E-state index < -0.39 is 5.96 Å². The number of hydrogen-bond donors (Lipinski definition) is 2. The van der Waals surface area contributed by atoms with E-state index in [1.54, 1.807) is 0 Å². The van der Waals surface area contributed by atoms with Crippen LogP contribution in [0, 0.1) is 0 Å². The number of rotatable bonds is 12. The molecule has 0 amide bonds. The molecular formula is C35H41ClN5OP. The number of hydrogen-bond acceptors (Lipinski definition) is 6. The largest absolute Gasteiger partial charge is 0.370 e. The van der Waals surface area contributed by atoms with Crippen LogP contribution in [0.2, 0.25) is 0 Å². The van der Waals surface area contributed by atoms with Crippen LogP contribution in [0.3, 0.4) is 0 Å². The van der Waals surface area contributed by atoms with Crippen molar-refractivity contribution >= 4 is 45.0 Å². The van der Waals surface area contributed by atoms with Crippen LogP contribution in [0.4, 0.5) is 0 Å². The van der Waals surface area contributed by atoms with Gasteiger partial charge in [-0.05, 0) is 0 Å². The van der Waals surface area contributed by atoms with Crippen molar-refractivity contribution in [2.75, 3.05) is 26.9 Å². The fourth-order valence-corrected chi connectivity index (χ4v) is 11.9. The van der Waals surface area contributed by atoms with Gasteiger partial charge in [0.25, 0.3) is 0 Å². The summed E-state index contributed by atoms with van der Waals surface area (Å²) in [5, 5.41) is 6.65. The minimum absolute atomic E-state index is 0.361. The smallest absolute Gasteiger partial charge is 0.197 e. The Morgan fingerprint density at radius 3 is 1.74 bits per heavy atom. The van der Waals surface area contributed by atoms with E-state index in [1.165, 1.54) is 15.9 Å². The summed E-state index contributed by atoms with van der Waals surface area (Å²) >= 11 is 8.17. The Bertz CT molecular complexity index is 1430. The van der Waals surface area contributed by atoms with Gasteiger partial charge in [-0.25, -0.2) is 9.98 Å². The molecule has 3 N–H and O–H groups in total. The summed E-state index contributed by atoms with van der Waals surface area (Å²) < 4.78 is 6.07. The quantitative estimate of drug-likeness (QED) is 0.149. The third-order valence-electron chi connectivity index (χ3n) is 7.97. The van der Waals surface area contributed by atoms with Gasteiger partial charge >= 0.3 is 209 Å². The van der Waals surface area contributed by atoms with Crippen molar-refractivity contribution in [3.8, 4) is 5.75 Å². The maximum Gasteiger partial charge on any atom is 0.197 e. The van der Waals surface area contributed by atoms with Gasteiger partial charge in [0.2, 0.25) is 5.96 Å². The molecule has 1 atom stereocenters. The molecule has 1 aliphatic rings. The van der Waals surface area contributed by atoms with Gasteiger partial charge in [-0.15, -0.1) is 0 Å². The van der Waals surface area contributed by atoms with Crippen LogP contribution in [0.25, 0.3) is 0 Å². The molecular weight excluding hydrogens is 573 g/mol. The summed E-state index contributed by atoms with van der Waals surface area (Å²) in [5.74, 6) is -1.30. The molecule has 0 spiro atoms. The van der Waals surface area contributed by atoms with Crippen LogP contribution >= 0.6 is 17.2 Å². The summed E-state index contributed by atoms with van der Waals surface area (Å²) in [6, 6.07) is 40.1. The summed E-state index contributed by atoms with van der Waals surface area (Å²) in [6.07, 6.45) is 4.72. The second-order valence-corrected chi connectivity index (χ2v) is 17.7. The zero-order chi connectivity index (χ0) is 30.1. The van der Waals surface area contributed by atoms with E-state index in [4.69, 9.17) is 21.7 Å². The summed E-state index contributed by atoms with van der Waals surface area (Å²) in [4.78, 5) is 10.9. The number of guanidine groups is 2. The number of nitrogens with one attached hydrogen (secondary N) is 1. The summed E-state index contributed by atoms with van der Waals surface area (Å²) in [7, 11) is 3.83. The van der Waals surface area contributed by atoms with Crippen LogP contribution in [-0.2, 0) is 0 Å². The molecule has 224 valence electrons. The number of nitrogens with two attached hydrogens (primary N) is 1. The number of unbranched alkanes of at least 4 members (excludes halogenated alkanes) is 3. The SMILES string of the molecule is CN(C)C1=NC(c2ccc(OCCCCCCP(Cl)(c3ccccc3)(c3ccccc3)c3ccccc3)cc2)N=C(N)N1. The van der Waals surface area contributed by atoms with Crippen LogP contribution in [0.5, 0.6) is 5.75 Å². The maximum atomic E-state index is 8.17. The van der Waals surface area contributed by atoms with E-state index in [9.17, 15) is 0 Å². The Morgan fingerprint density at radius 2 is 1.23 bits per heavy atom. The van der Waals surface area contributed by atoms with Gasteiger partial charge in [-0.3, -0.25) is 5.32 Å². The molecule has 0 saturated carbocycles. The van der Waals surface area contributed by atoms with Crippen molar-refractivity contribution in [3.05, 3.63) is 121 Å². The molecule has 0 aromatic heterocycles. The van der Waals surface area contributed by atoms with Crippen LogP contribution in [0.15, 0.2) is 125 Å². The standard InChI is InChI=1S/C35H41ClN5OP/c1-41(2)35-39-33(38-34(37)40-35)28-22-24-29(25-23-28)42-26-14-3-4-15-27-43(36,30-16-8-5-9-17-30,31-18-10-6-11-19-31)32-20-12-7-13-21-32/h5-13,16-25,33H,3-4,14-15,26-27H2,1-2H3,(H3,37,38,39,40). The van der Waals surface area contributed by atoms with Crippen LogP contribution in [-0.4, -0.2) is 43.7 Å². The van der Waals surface area contributed by atoms with Gasteiger partial charge < -0.3 is 10.6 Å². The molecule has 0 fully saturated rings. The maximum absolute atomic E-state index is 8.17. The zero-order valence-electron chi connectivity index (χ0n) is 24.9. The molecule has 4 aromatic carbocycles. The van der Waals surface area contributed by atoms with Crippen LogP contribution < -0.4 is 31.7 Å². The molecule has 0 saturated heterocycles. The molecule has 8 heteroatoms. The van der Waals surface area contributed by atoms with Gasteiger partial charge in [0.15, 0.2) is 5.96 Å². The average molecular weight is 614 g/mol. The summed E-state index contributed by atoms with van der Waals surface area (Å²) in [5.41, 5.74) is 6.92. The minimum Gasteiger partial charge on any atom is -0.370 e. The number of benzene rings is 4. The van der Waals surface area contributed by atoms with Gasteiger partial charge in [0, 0.05) is 14.1 Å². The minimum atomic E-state index is -3.19. The summed E-state index contributed by atoms with van der Waals surface area (Å²) in [6.45, 7) is 0.668. The third kappa shape index (κ3) is 6.71. The van der Waals surface area contributed by atoms with Crippen molar-refractivity contribution in [1.29, 1.82) is 0 Å². The van der Waals surface area contributed by atoms with Crippen molar-refractivity contribution in [2.24, 2.45) is 15.7 Å². The Morgan fingerprint density at radius 1 is 0.721 bits per heavy atom. The van der Waals surface area contributed by atoms with E-state index in [1.807, 2.05) is 43.3 Å². The number of aliphatic imine (C=N–C) groups is 2. The van der Waals surface area contributed by atoms with Crippen molar-refractivity contribution < 1.29 is 4.74 Å². The number of ether oxygens (including phenoxy) is 1. The normalized spacial score (nSPS) is 15.8. The van der Waals surface area contributed by atoms with Crippen molar-refractivity contribution in [3.63, 3.8) is 0 Å². The van der Waals surface area contributed by atoms with E-state index in [0.717, 1.165) is 43.2 Å². The predicted molar refractivity (Wildman–Crippen MR) is 185 cm³/mol. The van der Waals surface area contributed by atoms with E-state index in [2.05, 4.69) is 106 Å². The fourth-order valence-electron chi connectivity index (χ4n) is 5.67. The van der Waals surface area contributed by atoms with Gasteiger partial charge in [0.05, 0.1) is 0 Å². The number of nitrogens with zero attached hydrogens (tertiary/aromatic N) is 3. The zero-order valence-corrected chi connectivity index (χ0v) is 26.6. The molecule has 0 bridgehead atoms. The van der Waals surface area contributed by atoms with E-state index >= 15 is 0 Å². The van der Waals surface area contributed by atoms with E-state index in [0.29, 0.717) is 18.5 Å². The Balaban J connectivity index is 1.19. The van der Waals surface area contributed by atoms with Crippen molar-refractivity contribution in [1.82, 2.24) is 10.2 Å². The molecule has 1 unspecified atom stereocenters. The van der Waals surface area contributed by atoms with Gasteiger partial charge in [-0.2, -0.15) is 0 Å². The second kappa shape index (κ2) is 13.6. The Kier molecular flexibility index (Phi) is 9.69. The van der Waals surface area contributed by atoms with Gasteiger partial charge in [-0.1, -0.05) is 0 Å². The number of halogens is 1.